The monoisotopic (exact) mass is 285 g/mol. The second kappa shape index (κ2) is 4.68. The van der Waals surface area contributed by atoms with Crippen LogP contribution in [-0.4, -0.2) is 29.1 Å². The molecule has 98 valence electrons. The number of hydrogen-bond donors (Lipinski definition) is 1. The van der Waals surface area contributed by atoms with Crippen LogP contribution in [0.25, 0.3) is 0 Å². The molecule has 0 aromatic heterocycles. The Labute approximate surface area is 117 Å². The number of hydrogen-bond acceptors (Lipinski definition) is 2. The van der Waals surface area contributed by atoms with Crippen molar-refractivity contribution in [3.8, 4) is 0 Å². The van der Waals surface area contributed by atoms with Gasteiger partial charge in [0.1, 0.15) is 5.60 Å². The van der Waals surface area contributed by atoms with E-state index in [-0.39, 0.29) is 6.04 Å². The first-order valence-corrected chi connectivity index (χ1v) is 7.29. The molecule has 1 aromatic carbocycles. The first-order valence-electron chi connectivity index (χ1n) is 6.53. The van der Waals surface area contributed by atoms with Crippen molar-refractivity contribution < 1.29 is 5.11 Å². The molecule has 2 unspecified atom stereocenters. The van der Waals surface area contributed by atoms with Crippen molar-refractivity contribution in [1.29, 1.82) is 0 Å². The van der Waals surface area contributed by atoms with Gasteiger partial charge in [0.25, 0.3) is 0 Å². The van der Waals surface area contributed by atoms with E-state index in [0.29, 0.717) is 10.0 Å². The number of piperidine rings is 1. The zero-order valence-electron chi connectivity index (χ0n) is 10.2. The molecule has 1 aromatic rings. The zero-order valence-corrected chi connectivity index (χ0v) is 11.7. The molecule has 1 N–H and O–H groups in total. The molecule has 2 fully saturated rings. The summed E-state index contributed by atoms with van der Waals surface area (Å²) in [5, 5.41) is 12.3. The van der Waals surface area contributed by atoms with Crippen LogP contribution in [0.5, 0.6) is 0 Å². The van der Waals surface area contributed by atoms with Crippen LogP contribution in [0.2, 0.25) is 10.0 Å². The standard InChI is InChI=1S/C14H17Cl2NO/c15-10-4-5-11(12(16)9-10)14(18)6-8-17-7-2-1-3-13(14)17/h4-5,9,13,18H,1-3,6-8H2. The fourth-order valence-electron chi connectivity index (χ4n) is 3.43. The largest absolute Gasteiger partial charge is 0.383 e. The van der Waals surface area contributed by atoms with Gasteiger partial charge < -0.3 is 5.11 Å². The quantitative estimate of drug-likeness (QED) is 0.855. The van der Waals surface area contributed by atoms with Crippen molar-refractivity contribution in [2.75, 3.05) is 13.1 Å². The van der Waals surface area contributed by atoms with Crippen LogP contribution >= 0.6 is 23.2 Å². The Morgan fingerprint density at radius 2 is 2.06 bits per heavy atom. The van der Waals surface area contributed by atoms with E-state index in [1.54, 1.807) is 6.07 Å². The molecule has 0 saturated carbocycles. The third kappa shape index (κ3) is 1.96. The molecule has 4 heteroatoms. The van der Waals surface area contributed by atoms with Crippen LogP contribution in [-0.2, 0) is 5.60 Å². The predicted octanol–water partition coefficient (Wildman–Crippen LogP) is 3.44. The summed E-state index contributed by atoms with van der Waals surface area (Å²) in [5.41, 5.74) is 0.0326. The minimum absolute atomic E-state index is 0.213. The van der Waals surface area contributed by atoms with Crippen molar-refractivity contribution in [3.63, 3.8) is 0 Å². The van der Waals surface area contributed by atoms with E-state index in [2.05, 4.69) is 4.90 Å². The molecule has 3 rings (SSSR count). The normalized spacial score (nSPS) is 32.5. The third-order valence-corrected chi connectivity index (χ3v) is 4.89. The van der Waals surface area contributed by atoms with Crippen LogP contribution in [0.15, 0.2) is 18.2 Å². The Balaban J connectivity index is 1.99. The molecular formula is C14H17Cl2NO. The van der Waals surface area contributed by atoms with E-state index >= 15 is 0 Å². The Kier molecular flexibility index (Phi) is 3.31. The van der Waals surface area contributed by atoms with Gasteiger partial charge in [0.15, 0.2) is 0 Å². The van der Waals surface area contributed by atoms with Crippen LogP contribution in [0.3, 0.4) is 0 Å². The fourth-order valence-corrected chi connectivity index (χ4v) is 4.01. The highest BCUT2D eigenvalue weighted by Crippen LogP contribution is 2.44. The number of nitrogens with zero attached hydrogens (tertiary/aromatic N) is 1. The average Bonchev–Trinajstić information content (AvgIpc) is 2.69. The summed E-state index contributed by atoms with van der Waals surface area (Å²) in [6, 6.07) is 5.63. The predicted molar refractivity (Wildman–Crippen MR) is 74.2 cm³/mol. The number of rotatable bonds is 1. The maximum absolute atomic E-state index is 11.1. The van der Waals surface area contributed by atoms with E-state index < -0.39 is 5.60 Å². The van der Waals surface area contributed by atoms with Gasteiger partial charge in [-0.1, -0.05) is 35.7 Å². The van der Waals surface area contributed by atoms with Gasteiger partial charge in [0.05, 0.1) is 0 Å². The van der Waals surface area contributed by atoms with Gasteiger partial charge in [-0.15, -0.1) is 0 Å². The average molecular weight is 286 g/mol. The number of aliphatic hydroxyl groups is 1. The Hall–Kier alpha value is -0.280. The maximum Gasteiger partial charge on any atom is 0.108 e. The molecule has 0 bridgehead atoms. The second-order valence-electron chi connectivity index (χ2n) is 5.35. The highest BCUT2D eigenvalue weighted by atomic mass is 35.5. The Morgan fingerprint density at radius 1 is 1.22 bits per heavy atom. The lowest BCUT2D eigenvalue weighted by molar-refractivity contribution is -0.0137. The van der Waals surface area contributed by atoms with Gasteiger partial charge in [-0.05, 0) is 37.9 Å². The van der Waals surface area contributed by atoms with Crippen molar-refractivity contribution in [2.24, 2.45) is 0 Å². The molecule has 18 heavy (non-hydrogen) atoms. The molecule has 2 aliphatic heterocycles. The van der Waals surface area contributed by atoms with E-state index in [4.69, 9.17) is 23.2 Å². The lowest BCUT2D eigenvalue weighted by Crippen LogP contribution is -2.45. The van der Waals surface area contributed by atoms with Crippen LogP contribution in [0, 0.1) is 0 Å². The van der Waals surface area contributed by atoms with Gasteiger partial charge >= 0.3 is 0 Å². The first-order chi connectivity index (χ1) is 8.61. The second-order valence-corrected chi connectivity index (χ2v) is 6.19. The number of halogens is 2. The minimum Gasteiger partial charge on any atom is -0.383 e. The topological polar surface area (TPSA) is 23.5 Å². The van der Waals surface area contributed by atoms with Gasteiger partial charge in [-0.2, -0.15) is 0 Å². The molecular weight excluding hydrogens is 269 g/mol. The SMILES string of the molecule is OC1(c2ccc(Cl)cc2Cl)CCN2CCCCC21. The van der Waals surface area contributed by atoms with Crippen molar-refractivity contribution in [1.82, 2.24) is 4.90 Å². The highest BCUT2D eigenvalue weighted by Gasteiger charge is 2.48. The third-order valence-electron chi connectivity index (χ3n) is 4.34. The van der Waals surface area contributed by atoms with Gasteiger partial charge in [0.2, 0.25) is 0 Å². The lowest BCUT2D eigenvalue weighted by atomic mass is 9.83. The van der Waals surface area contributed by atoms with Crippen molar-refractivity contribution in [3.05, 3.63) is 33.8 Å². The highest BCUT2D eigenvalue weighted by molar-refractivity contribution is 6.35. The molecule has 2 atom stereocenters. The van der Waals surface area contributed by atoms with Gasteiger partial charge in [0, 0.05) is 28.2 Å². The molecule has 2 aliphatic rings. The summed E-state index contributed by atoms with van der Waals surface area (Å²) in [7, 11) is 0. The molecule has 2 nitrogen and oxygen atoms in total. The molecule has 0 amide bonds. The Bertz CT molecular complexity index is 465. The summed E-state index contributed by atoms with van der Waals surface area (Å²) in [5.74, 6) is 0. The smallest absolute Gasteiger partial charge is 0.108 e. The van der Waals surface area contributed by atoms with E-state index in [1.165, 1.54) is 12.8 Å². The lowest BCUT2D eigenvalue weighted by Gasteiger charge is -2.38. The summed E-state index contributed by atoms with van der Waals surface area (Å²) in [6.07, 6.45) is 4.24. The van der Waals surface area contributed by atoms with Crippen LogP contribution in [0.1, 0.15) is 31.2 Å². The van der Waals surface area contributed by atoms with Gasteiger partial charge in [-0.3, -0.25) is 4.90 Å². The molecule has 2 heterocycles. The minimum atomic E-state index is -0.803. The van der Waals surface area contributed by atoms with Gasteiger partial charge in [-0.25, -0.2) is 0 Å². The number of benzene rings is 1. The van der Waals surface area contributed by atoms with E-state index in [1.807, 2.05) is 12.1 Å². The summed E-state index contributed by atoms with van der Waals surface area (Å²) in [4.78, 5) is 2.40. The fraction of sp³-hybridized carbons (Fsp3) is 0.571. The maximum atomic E-state index is 11.1. The molecule has 0 aliphatic carbocycles. The van der Waals surface area contributed by atoms with Crippen molar-refractivity contribution >= 4 is 23.2 Å². The zero-order chi connectivity index (χ0) is 12.8. The Morgan fingerprint density at radius 3 is 2.83 bits per heavy atom. The van der Waals surface area contributed by atoms with Crippen molar-refractivity contribution in [2.45, 2.75) is 37.3 Å². The molecule has 0 spiro atoms. The molecule has 0 radical (unpaired) electrons. The summed E-state index contributed by atoms with van der Waals surface area (Å²) >= 11 is 12.2. The summed E-state index contributed by atoms with van der Waals surface area (Å²) in [6.45, 7) is 2.05. The van der Waals surface area contributed by atoms with Crippen LogP contribution in [0.4, 0.5) is 0 Å². The molecule has 2 saturated heterocycles. The number of fused-ring (bicyclic) bond motifs is 1. The van der Waals surface area contributed by atoms with E-state index in [0.717, 1.165) is 31.5 Å². The summed E-state index contributed by atoms with van der Waals surface area (Å²) < 4.78 is 0. The first kappa shape index (κ1) is 12.7. The van der Waals surface area contributed by atoms with Crippen LogP contribution < -0.4 is 0 Å². The van der Waals surface area contributed by atoms with E-state index in [9.17, 15) is 5.11 Å².